The number of anilines is 1. The minimum atomic E-state index is -1.93. The van der Waals surface area contributed by atoms with Crippen molar-refractivity contribution in [3.05, 3.63) is 172 Å². The highest BCUT2D eigenvalue weighted by atomic mass is 33.1. The molecule has 1 fully saturated rings. The number of hydrogen-bond acceptors (Lipinski definition) is 23. The van der Waals surface area contributed by atoms with Gasteiger partial charge in [0.25, 0.3) is 0 Å². The lowest BCUT2D eigenvalue weighted by Crippen LogP contribution is -2.62. The number of aliphatic carboxylic acids is 1. The summed E-state index contributed by atoms with van der Waals surface area (Å²) in [6.07, 6.45) is -2.18. The van der Waals surface area contributed by atoms with Crippen molar-refractivity contribution < 1.29 is 97.7 Å². The maximum absolute atomic E-state index is 15.2. The fourth-order valence-corrected chi connectivity index (χ4v) is 14.9. The first-order valence-electron chi connectivity index (χ1n) is 36.1. The zero-order valence-electron chi connectivity index (χ0n) is 61.8. The number of benzene rings is 6. The lowest BCUT2D eigenvalue weighted by molar-refractivity contribution is -0.145. The van der Waals surface area contributed by atoms with Gasteiger partial charge in [-0.15, -0.1) is 0 Å². The number of H-pyrrole nitrogens is 1. The lowest BCUT2D eigenvalue weighted by Gasteiger charge is -2.29. The molecule has 38 heteroatoms. The molecule has 11 atom stereocenters. The number of carbonyl (C=O) groups excluding carboxylic acids is 10. The second-order valence-corrected chi connectivity index (χ2v) is 29.9. The molecule has 115 heavy (non-hydrogen) atoms. The third-order valence-electron chi connectivity index (χ3n) is 18.3. The molecule has 6 aromatic rings. The Bertz CT molecular complexity index is 4930. The molecule has 1 aliphatic carbocycles. The SMILES string of the molecule is C[C@@H](O)[C@H](NC(=O)[C@@H]1CSSC[C@H](NC(=O)[C@@H](Cc2ccccc2)NC(=O)CNC(=O)[C@H](CO)NC(=O)CNC(=S)Nc2ccc(-c3c4ccc(=O)cc-4oc4cc(O)ccc34)c(C(=O)O)c2)C(=O)N[C@@H](Cc2ccc(O)cc2)C(=O)N[C@H](Cc2c[nH]c3ccccc23)C(=O)N[C@@H](CCCCN)C(=O)N[C@@H]([C@@H](C)O)C(=O)N1)C(=O)O. The number of fused-ring (bicyclic) bond motifs is 3. The van der Waals surface area contributed by atoms with Crippen molar-refractivity contribution in [3.63, 3.8) is 0 Å². The number of rotatable bonds is 28. The number of phenols is 2. The number of aliphatic hydroxyl groups excluding tert-OH is 3. The molecule has 3 heterocycles. The topological polar surface area (TPSA) is 563 Å². The monoisotopic (exact) mass is 1640 g/mol. The van der Waals surface area contributed by atoms with E-state index in [9.17, 15) is 88.5 Å². The highest BCUT2D eigenvalue weighted by Crippen LogP contribution is 2.42. The van der Waals surface area contributed by atoms with Crippen LogP contribution >= 0.6 is 33.8 Å². The average Bonchev–Trinajstić information content (AvgIpc) is 1.10. The van der Waals surface area contributed by atoms with E-state index in [2.05, 4.69) is 68.8 Å². The van der Waals surface area contributed by atoms with E-state index in [1.165, 1.54) is 78.9 Å². The number of carboxylic acid groups (broad SMARTS) is 2. The minimum absolute atomic E-state index is 0.106. The van der Waals surface area contributed by atoms with E-state index in [0.29, 0.717) is 50.5 Å². The van der Waals surface area contributed by atoms with Crippen LogP contribution in [0.2, 0.25) is 0 Å². The van der Waals surface area contributed by atoms with Crippen molar-refractivity contribution in [2.45, 2.75) is 119 Å². The van der Waals surface area contributed by atoms with Gasteiger partial charge in [0.1, 0.15) is 71.2 Å². The number of nitrogens with two attached hydrogens (primary N) is 1. The third kappa shape index (κ3) is 24.2. The molecule has 2 aliphatic heterocycles. The van der Waals surface area contributed by atoms with Crippen molar-refractivity contribution in [1.29, 1.82) is 0 Å². The van der Waals surface area contributed by atoms with E-state index >= 15 is 9.59 Å². The number of aromatic carboxylic acids is 1. The maximum atomic E-state index is 15.2. The number of nitrogens with one attached hydrogen (secondary N) is 13. The molecule has 0 bridgehead atoms. The summed E-state index contributed by atoms with van der Waals surface area (Å²) in [6.45, 7) is -0.116. The Morgan fingerprint density at radius 3 is 1.96 bits per heavy atom. The first-order chi connectivity index (χ1) is 55.0. The second kappa shape index (κ2) is 41.0. The predicted octanol–water partition coefficient (Wildman–Crippen LogP) is 0.0119. The Labute approximate surface area is 669 Å². The number of aromatic hydroxyl groups is 2. The highest BCUT2D eigenvalue weighted by molar-refractivity contribution is 8.76. The van der Waals surface area contributed by atoms with Crippen LogP contribution in [-0.2, 0) is 72.0 Å². The molecule has 0 spiro atoms. The van der Waals surface area contributed by atoms with Gasteiger partial charge in [-0.05, 0) is 129 Å². The molecular weight excluding hydrogens is 1550 g/mol. The summed E-state index contributed by atoms with van der Waals surface area (Å²) in [5.74, 6) is -14.6. The molecule has 0 saturated carbocycles. The van der Waals surface area contributed by atoms with Crippen LogP contribution in [0.15, 0.2) is 149 Å². The van der Waals surface area contributed by atoms with Crippen molar-refractivity contribution >= 4 is 137 Å². The first-order valence-corrected chi connectivity index (χ1v) is 39.0. The molecule has 10 amide bonds. The van der Waals surface area contributed by atoms with Crippen LogP contribution in [0, 0.1) is 0 Å². The van der Waals surface area contributed by atoms with Crippen LogP contribution in [-0.4, -0.2) is 221 Å². The van der Waals surface area contributed by atoms with Crippen LogP contribution in [0.1, 0.15) is 60.2 Å². The number of thiocarbonyl (C=S) groups is 1. The lowest BCUT2D eigenvalue weighted by atomic mass is 9.90. The van der Waals surface area contributed by atoms with Crippen molar-refractivity contribution in [2.24, 2.45) is 5.73 Å². The van der Waals surface area contributed by atoms with Gasteiger partial charge in [0.15, 0.2) is 16.6 Å². The Balaban J connectivity index is 0.941. The summed E-state index contributed by atoms with van der Waals surface area (Å²) >= 11 is 5.41. The van der Waals surface area contributed by atoms with Gasteiger partial charge in [0, 0.05) is 82.2 Å². The summed E-state index contributed by atoms with van der Waals surface area (Å²) < 4.78 is 5.91. The number of unbranched alkanes of at least 4 members (excludes halogenated alkanes) is 1. The Hall–Kier alpha value is -12.2. The van der Waals surface area contributed by atoms with Crippen molar-refractivity contribution in [2.75, 3.05) is 43.1 Å². The number of carbonyl (C=O) groups is 12. The summed E-state index contributed by atoms with van der Waals surface area (Å²) in [5, 5.41) is 104. The largest absolute Gasteiger partial charge is 0.508 e. The van der Waals surface area contributed by atoms with Crippen molar-refractivity contribution in [1.82, 2.24) is 63.5 Å². The van der Waals surface area contributed by atoms with Gasteiger partial charge in [-0.1, -0.05) is 88.3 Å². The fourth-order valence-electron chi connectivity index (χ4n) is 12.4. The number of phenolic OH excluding ortho intramolecular Hbond substituents is 2. The predicted molar refractivity (Wildman–Crippen MR) is 428 cm³/mol. The van der Waals surface area contributed by atoms with Gasteiger partial charge >= 0.3 is 11.9 Å². The van der Waals surface area contributed by atoms with E-state index in [1.807, 2.05) is 0 Å². The van der Waals surface area contributed by atoms with Crippen LogP contribution in [0.5, 0.6) is 11.5 Å². The fraction of sp³-hybridized carbons (Fsp3) is 0.325. The molecule has 0 radical (unpaired) electrons. The minimum Gasteiger partial charge on any atom is -0.508 e. The Morgan fingerprint density at radius 1 is 0.626 bits per heavy atom. The molecule has 1 aromatic heterocycles. The second-order valence-electron chi connectivity index (χ2n) is 26.9. The molecule has 22 N–H and O–H groups in total. The molecule has 35 nitrogen and oxygen atoms in total. The molecule has 9 rings (SSSR count). The van der Waals surface area contributed by atoms with Gasteiger partial charge in [0.2, 0.25) is 59.1 Å². The van der Waals surface area contributed by atoms with Crippen LogP contribution in [0.25, 0.3) is 44.3 Å². The molecule has 0 unspecified atom stereocenters. The van der Waals surface area contributed by atoms with Gasteiger partial charge in [0.05, 0.1) is 37.5 Å². The first kappa shape index (κ1) is 86.8. The smallest absolute Gasteiger partial charge is 0.336 e. The number of hydrogen-bond donors (Lipinski definition) is 21. The van der Waals surface area contributed by atoms with E-state index in [-0.39, 0.29) is 88.8 Å². The average molecular weight is 1640 g/mol. The summed E-state index contributed by atoms with van der Waals surface area (Å²) in [5.41, 5.74) is 8.52. The zero-order chi connectivity index (χ0) is 83.2. The van der Waals surface area contributed by atoms with E-state index in [0.717, 1.165) is 35.4 Å². The van der Waals surface area contributed by atoms with Gasteiger partial charge in [-0.3, -0.25) is 52.7 Å². The molecular formula is C77H86N14O21S3. The molecule has 608 valence electrons. The number of aromatic amines is 1. The number of aromatic nitrogens is 1. The molecule has 3 aliphatic rings. The van der Waals surface area contributed by atoms with E-state index < -0.39 is 169 Å². The Kier molecular flexibility index (Phi) is 31.0. The zero-order valence-corrected chi connectivity index (χ0v) is 64.2. The number of amides is 10. The molecule has 1 saturated heterocycles. The van der Waals surface area contributed by atoms with E-state index in [1.54, 1.807) is 60.8 Å². The summed E-state index contributed by atoms with van der Waals surface area (Å²) in [7, 11) is 1.58. The maximum Gasteiger partial charge on any atom is 0.336 e. The number of para-hydroxylation sites is 1. The molecule has 5 aromatic carbocycles. The van der Waals surface area contributed by atoms with Crippen LogP contribution in [0.3, 0.4) is 0 Å². The normalized spacial score (nSPS) is 18.6. The van der Waals surface area contributed by atoms with Crippen LogP contribution in [0.4, 0.5) is 5.69 Å². The van der Waals surface area contributed by atoms with E-state index in [4.69, 9.17) is 22.4 Å². The number of aliphatic hydroxyl groups is 3. The quantitative estimate of drug-likeness (QED) is 0.0133. The Morgan fingerprint density at radius 2 is 1.27 bits per heavy atom. The van der Waals surface area contributed by atoms with Gasteiger partial charge in [-0.25, -0.2) is 9.59 Å². The van der Waals surface area contributed by atoms with Crippen molar-refractivity contribution in [3.8, 4) is 33.9 Å². The summed E-state index contributed by atoms with van der Waals surface area (Å²) in [6, 6.07) is 18.0. The highest BCUT2D eigenvalue weighted by Gasteiger charge is 2.38. The third-order valence-corrected chi connectivity index (χ3v) is 21.0. The van der Waals surface area contributed by atoms with Gasteiger partial charge in [-0.2, -0.15) is 0 Å². The number of carboxylic acids is 2. The van der Waals surface area contributed by atoms with Gasteiger partial charge < -0.3 is 115 Å². The van der Waals surface area contributed by atoms with Crippen LogP contribution < -0.4 is 75.0 Å². The standard InChI is InChI=1S/C77H86N14O21S3/c1-38(93)65-74(107)89-59(73(106)91-66(39(2)94)76(110)111)37-115-114-36-58(72(105)86-55(27-41-15-18-44(95)19-16-41)70(103)87-56(28-42-32-79-52-13-7-6-12-47(42)52)71(104)85-53(68(101)90-65)14-8-9-25-78)88-69(102)54(26-40-10-4-3-5-11-40)83-62(98)33-80-67(100)57(35-92)84-63(99)34-81-77(113)82-43-17-22-48(51(29-43)75(108)109)64-49-23-20-45(96)30-60(49)112-61-31-46(97)21-24-50(61)64/h3-7,10-13,15-24,29-32,38-39,53-59,65-66,79,92-96H,8-9,14,25-28,33-37,78H2,1-2H3,(H,80,100)(H,83,98)(H,84,99)(H,85,104)(H,86,105)(H,87,103)(H,88,102)(H,89,107)(H,90,101)(H,91,106)(H,108,109)(H,110,111)(H2,81,82,113)/t38-,39-,53+,54-,55+,56-,57+,58+,59+,65+,66+/m1/s1. The summed E-state index contributed by atoms with van der Waals surface area (Å²) in [4.78, 5) is 185.